The Morgan fingerprint density at radius 2 is 2.10 bits per heavy atom. The van der Waals surface area contributed by atoms with Crippen LogP contribution in [0.15, 0.2) is 18.3 Å². The minimum absolute atomic E-state index is 0.0335. The van der Waals surface area contributed by atoms with Crippen LogP contribution >= 0.6 is 0 Å². The summed E-state index contributed by atoms with van der Waals surface area (Å²) in [5.41, 5.74) is 0.735. The minimum Gasteiger partial charge on any atom is -0.443 e. The van der Waals surface area contributed by atoms with Gasteiger partial charge in [-0.1, -0.05) is 6.07 Å². The first kappa shape index (κ1) is 14.3. The molecule has 0 aromatic carbocycles. The Morgan fingerprint density at radius 1 is 1.38 bits per heavy atom. The van der Waals surface area contributed by atoms with Crippen molar-refractivity contribution < 1.29 is 9.53 Å². The average molecular weight is 289 g/mol. The SMILES string of the molecule is CC(C)(C)OC(=O)N1CC2(CCNCC2)c2cccnc21. The number of hydrogen-bond acceptors (Lipinski definition) is 4. The first-order valence-corrected chi connectivity index (χ1v) is 7.58. The summed E-state index contributed by atoms with van der Waals surface area (Å²) >= 11 is 0. The van der Waals surface area contributed by atoms with Crippen molar-refractivity contribution in [1.82, 2.24) is 10.3 Å². The van der Waals surface area contributed by atoms with E-state index in [1.165, 1.54) is 5.56 Å². The molecular weight excluding hydrogens is 266 g/mol. The van der Waals surface area contributed by atoms with Crippen LogP contribution in [0.3, 0.4) is 0 Å². The van der Waals surface area contributed by atoms with Crippen molar-refractivity contribution in [2.75, 3.05) is 24.5 Å². The molecule has 1 saturated heterocycles. The normalized spacial score (nSPS) is 20.4. The van der Waals surface area contributed by atoms with Crippen LogP contribution < -0.4 is 10.2 Å². The molecular formula is C16H23N3O2. The summed E-state index contributed by atoms with van der Waals surface area (Å²) in [5.74, 6) is 0.772. The Morgan fingerprint density at radius 3 is 2.76 bits per heavy atom. The summed E-state index contributed by atoms with van der Waals surface area (Å²) < 4.78 is 5.54. The van der Waals surface area contributed by atoms with Gasteiger partial charge in [-0.05, 0) is 52.8 Å². The van der Waals surface area contributed by atoms with Crippen molar-refractivity contribution in [1.29, 1.82) is 0 Å². The lowest BCUT2D eigenvalue weighted by Crippen LogP contribution is -2.45. The number of pyridine rings is 1. The first-order chi connectivity index (χ1) is 9.91. The van der Waals surface area contributed by atoms with Gasteiger partial charge in [-0.15, -0.1) is 0 Å². The van der Waals surface area contributed by atoms with Gasteiger partial charge in [0.05, 0.1) is 0 Å². The lowest BCUT2D eigenvalue weighted by atomic mass is 9.75. The molecule has 2 aliphatic heterocycles. The Hall–Kier alpha value is -1.62. The van der Waals surface area contributed by atoms with Crippen LogP contribution in [0.5, 0.6) is 0 Å². The van der Waals surface area contributed by atoms with E-state index in [0.29, 0.717) is 6.54 Å². The summed E-state index contributed by atoms with van der Waals surface area (Å²) in [6.07, 6.45) is 3.52. The van der Waals surface area contributed by atoms with Crippen molar-refractivity contribution in [3.8, 4) is 0 Å². The van der Waals surface area contributed by atoms with Crippen molar-refractivity contribution in [3.63, 3.8) is 0 Å². The third-order valence-electron chi connectivity index (χ3n) is 4.25. The molecule has 0 aliphatic carbocycles. The quantitative estimate of drug-likeness (QED) is 0.797. The fourth-order valence-electron chi connectivity index (χ4n) is 3.29. The molecule has 5 nitrogen and oxygen atoms in total. The van der Waals surface area contributed by atoms with Crippen LogP contribution in [0, 0.1) is 0 Å². The maximum absolute atomic E-state index is 12.5. The van der Waals surface area contributed by atoms with E-state index in [2.05, 4.69) is 16.4 Å². The Balaban J connectivity index is 1.93. The number of fused-ring (bicyclic) bond motifs is 2. The maximum Gasteiger partial charge on any atom is 0.416 e. The van der Waals surface area contributed by atoms with Crippen LogP contribution in [0.25, 0.3) is 0 Å². The number of amides is 1. The first-order valence-electron chi connectivity index (χ1n) is 7.58. The molecule has 0 saturated carbocycles. The second-order valence-electron chi connectivity index (χ2n) is 6.97. The molecule has 1 amide bonds. The summed E-state index contributed by atoms with van der Waals surface area (Å²) in [7, 11) is 0. The van der Waals surface area contributed by atoms with Crippen LogP contribution in [-0.2, 0) is 10.2 Å². The number of aromatic nitrogens is 1. The van der Waals surface area contributed by atoms with Gasteiger partial charge < -0.3 is 10.1 Å². The number of piperidine rings is 1. The van der Waals surface area contributed by atoms with Gasteiger partial charge in [0.15, 0.2) is 0 Å². The topological polar surface area (TPSA) is 54.5 Å². The second-order valence-corrected chi connectivity index (χ2v) is 6.97. The number of anilines is 1. The number of ether oxygens (including phenoxy) is 1. The molecule has 0 radical (unpaired) electrons. The zero-order valence-electron chi connectivity index (χ0n) is 13.0. The summed E-state index contributed by atoms with van der Waals surface area (Å²) in [6.45, 7) is 8.31. The van der Waals surface area contributed by atoms with Gasteiger partial charge in [0.2, 0.25) is 0 Å². The van der Waals surface area contributed by atoms with Crippen LogP contribution in [-0.4, -0.2) is 36.3 Å². The Kier molecular flexibility index (Phi) is 3.40. The smallest absolute Gasteiger partial charge is 0.416 e. The molecule has 0 atom stereocenters. The molecule has 1 spiro atoms. The van der Waals surface area contributed by atoms with Gasteiger partial charge in [0.25, 0.3) is 0 Å². The maximum atomic E-state index is 12.5. The highest BCUT2D eigenvalue weighted by Gasteiger charge is 2.46. The highest BCUT2D eigenvalue weighted by molar-refractivity contribution is 5.90. The second kappa shape index (κ2) is 4.98. The van der Waals surface area contributed by atoms with E-state index >= 15 is 0 Å². The molecule has 21 heavy (non-hydrogen) atoms. The molecule has 1 N–H and O–H groups in total. The van der Waals surface area contributed by atoms with Crippen molar-refractivity contribution >= 4 is 11.9 Å². The zero-order chi connectivity index (χ0) is 15.1. The number of rotatable bonds is 0. The number of hydrogen-bond donors (Lipinski definition) is 1. The fraction of sp³-hybridized carbons (Fsp3) is 0.625. The van der Waals surface area contributed by atoms with E-state index in [9.17, 15) is 4.79 Å². The largest absolute Gasteiger partial charge is 0.443 e. The van der Waals surface area contributed by atoms with E-state index in [1.54, 1.807) is 11.1 Å². The van der Waals surface area contributed by atoms with E-state index in [4.69, 9.17) is 4.74 Å². The third kappa shape index (κ3) is 2.62. The van der Waals surface area contributed by atoms with Gasteiger partial charge in [-0.3, -0.25) is 4.90 Å². The number of nitrogens with zero attached hydrogens (tertiary/aromatic N) is 2. The molecule has 114 valence electrons. The van der Waals surface area contributed by atoms with Gasteiger partial charge in [-0.25, -0.2) is 9.78 Å². The van der Waals surface area contributed by atoms with Crippen molar-refractivity contribution in [3.05, 3.63) is 23.9 Å². The molecule has 3 rings (SSSR count). The van der Waals surface area contributed by atoms with E-state index in [1.807, 2.05) is 26.8 Å². The minimum atomic E-state index is -0.490. The van der Waals surface area contributed by atoms with E-state index < -0.39 is 5.60 Å². The summed E-state index contributed by atoms with van der Waals surface area (Å²) in [5, 5.41) is 3.39. The summed E-state index contributed by atoms with van der Waals surface area (Å²) in [6, 6.07) is 4.07. The predicted molar refractivity (Wildman–Crippen MR) is 81.6 cm³/mol. The van der Waals surface area contributed by atoms with Crippen LogP contribution in [0.1, 0.15) is 39.2 Å². The highest BCUT2D eigenvalue weighted by Crippen LogP contribution is 2.45. The lowest BCUT2D eigenvalue weighted by Gasteiger charge is -2.34. The standard InChI is InChI=1S/C16H23N3O2/c1-15(2,3)21-14(20)19-11-16(6-9-17-10-7-16)12-5-4-8-18-13(12)19/h4-5,8,17H,6-7,9-11H2,1-3H3. The third-order valence-corrected chi connectivity index (χ3v) is 4.25. The molecule has 1 aromatic rings. The number of carbonyl (C=O) groups excluding carboxylic acids is 1. The number of carbonyl (C=O) groups is 1. The molecule has 5 heteroatoms. The van der Waals surface area contributed by atoms with Gasteiger partial charge >= 0.3 is 6.09 Å². The molecule has 2 aliphatic rings. The Labute approximate surface area is 125 Å². The average Bonchev–Trinajstić information content (AvgIpc) is 2.74. The van der Waals surface area contributed by atoms with Crippen molar-refractivity contribution in [2.45, 2.75) is 44.6 Å². The predicted octanol–water partition coefficient (Wildman–Crippen LogP) is 2.46. The van der Waals surface area contributed by atoms with E-state index in [-0.39, 0.29) is 11.5 Å². The molecule has 0 bridgehead atoms. The van der Waals surface area contributed by atoms with Crippen molar-refractivity contribution in [2.24, 2.45) is 0 Å². The number of nitrogens with one attached hydrogen (secondary N) is 1. The molecule has 1 aromatic heterocycles. The zero-order valence-corrected chi connectivity index (χ0v) is 13.0. The monoisotopic (exact) mass is 289 g/mol. The fourth-order valence-corrected chi connectivity index (χ4v) is 3.29. The van der Waals surface area contributed by atoms with Gasteiger partial charge in [-0.2, -0.15) is 0 Å². The molecule has 0 unspecified atom stereocenters. The Bertz CT molecular complexity index is 545. The van der Waals surface area contributed by atoms with Crippen LogP contribution in [0.4, 0.5) is 10.6 Å². The van der Waals surface area contributed by atoms with Crippen LogP contribution in [0.2, 0.25) is 0 Å². The highest BCUT2D eigenvalue weighted by atomic mass is 16.6. The molecule has 3 heterocycles. The van der Waals surface area contributed by atoms with Gasteiger partial charge in [0.1, 0.15) is 11.4 Å². The van der Waals surface area contributed by atoms with E-state index in [0.717, 1.165) is 31.7 Å². The van der Waals surface area contributed by atoms with Gasteiger partial charge in [0, 0.05) is 23.7 Å². The molecule has 1 fully saturated rings. The summed E-state index contributed by atoms with van der Waals surface area (Å²) in [4.78, 5) is 18.7. The lowest BCUT2D eigenvalue weighted by molar-refractivity contribution is 0.0575.